The zero-order chi connectivity index (χ0) is 18.3. The first kappa shape index (κ1) is 19.0. The van der Waals surface area contributed by atoms with Crippen LogP contribution in [-0.2, 0) is 9.84 Å². The van der Waals surface area contributed by atoms with E-state index >= 15 is 0 Å². The van der Waals surface area contributed by atoms with E-state index in [2.05, 4.69) is 5.32 Å². The molecule has 134 valence electrons. The van der Waals surface area contributed by atoms with Crippen molar-refractivity contribution in [3.8, 4) is 5.75 Å². The number of aryl methyl sites for hydroxylation is 1. The smallest absolute Gasteiger partial charge is 0.251 e. The number of carbonyl (C=O) groups is 1. The predicted molar refractivity (Wildman–Crippen MR) is 97.8 cm³/mol. The van der Waals surface area contributed by atoms with Crippen molar-refractivity contribution in [3.63, 3.8) is 0 Å². The summed E-state index contributed by atoms with van der Waals surface area (Å²) in [6, 6.07) is 13.9. The number of hydrogen-bond donors (Lipinski definition) is 1. The van der Waals surface area contributed by atoms with Gasteiger partial charge in [-0.3, -0.25) is 4.79 Å². The molecular formula is C19H23NO4S. The number of amides is 1. The van der Waals surface area contributed by atoms with Crippen LogP contribution < -0.4 is 10.1 Å². The van der Waals surface area contributed by atoms with E-state index in [1.165, 1.54) is 17.7 Å². The molecule has 0 saturated carbocycles. The highest BCUT2D eigenvalue weighted by atomic mass is 32.2. The van der Waals surface area contributed by atoms with Crippen molar-refractivity contribution in [3.05, 3.63) is 59.7 Å². The van der Waals surface area contributed by atoms with E-state index in [-0.39, 0.29) is 10.8 Å². The molecule has 0 atom stereocenters. The van der Waals surface area contributed by atoms with Gasteiger partial charge in [0.1, 0.15) is 5.75 Å². The van der Waals surface area contributed by atoms with Gasteiger partial charge in [0.2, 0.25) is 0 Å². The molecule has 1 N–H and O–H groups in total. The van der Waals surface area contributed by atoms with Crippen LogP contribution in [0.3, 0.4) is 0 Å². The molecule has 2 aromatic rings. The number of sulfone groups is 1. The van der Waals surface area contributed by atoms with Gasteiger partial charge in [-0.25, -0.2) is 8.42 Å². The van der Waals surface area contributed by atoms with Crippen LogP contribution in [0.1, 0.15) is 28.8 Å². The van der Waals surface area contributed by atoms with Gasteiger partial charge in [0.15, 0.2) is 9.84 Å². The number of rotatable bonds is 8. The molecule has 0 spiro atoms. The minimum absolute atomic E-state index is 0.145. The van der Waals surface area contributed by atoms with E-state index < -0.39 is 9.84 Å². The zero-order valence-electron chi connectivity index (χ0n) is 14.5. The second-order valence-electron chi connectivity index (χ2n) is 5.92. The van der Waals surface area contributed by atoms with Gasteiger partial charge < -0.3 is 10.1 Å². The zero-order valence-corrected chi connectivity index (χ0v) is 15.3. The maximum Gasteiger partial charge on any atom is 0.251 e. The minimum atomic E-state index is -3.32. The number of ether oxygens (including phenoxy) is 1. The maximum atomic E-state index is 12.1. The summed E-state index contributed by atoms with van der Waals surface area (Å²) in [6.07, 6.45) is 2.72. The SMILES string of the molecule is Cc1ccc(OCCCCNC(=O)c2cccc(S(C)(=O)=O)c2)cc1. The van der Waals surface area contributed by atoms with Crippen LogP contribution in [0.4, 0.5) is 0 Å². The molecule has 6 heteroatoms. The molecule has 0 saturated heterocycles. The molecule has 2 rings (SSSR count). The maximum absolute atomic E-state index is 12.1. The molecule has 0 aliphatic carbocycles. The van der Waals surface area contributed by atoms with Crippen LogP contribution in [0, 0.1) is 6.92 Å². The molecule has 0 aliphatic heterocycles. The number of carbonyl (C=O) groups excluding carboxylic acids is 1. The Labute approximate surface area is 148 Å². The van der Waals surface area contributed by atoms with Crippen LogP contribution in [0.5, 0.6) is 5.75 Å². The molecule has 25 heavy (non-hydrogen) atoms. The Hall–Kier alpha value is -2.34. The van der Waals surface area contributed by atoms with Gasteiger partial charge in [-0.1, -0.05) is 23.8 Å². The molecule has 0 heterocycles. The van der Waals surface area contributed by atoms with E-state index in [0.717, 1.165) is 24.8 Å². The second-order valence-corrected chi connectivity index (χ2v) is 7.94. The van der Waals surface area contributed by atoms with Crippen molar-refractivity contribution >= 4 is 15.7 Å². The van der Waals surface area contributed by atoms with Crippen LogP contribution in [0.15, 0.2) is 53.4 Å². The lowest BCUT2D eigenvalue weighted by Crippen LogP contribution is -2.24. The van der Waals surface area contributed by atoms with Crippen molar-refractivity contribution in [1.82, 2.24) is 5.32 Å². The quantitative estimate of drug-likeness (QED) is 0.734. The fourth-order valence-corrected chi connectivity index (χ4v) is 2.89. The molecule has 1 amide bonds. The molecule has 0 radical (unpaired) electrons. The lowest BCUT2D eigenvalue weighted by molar-refractivity contribution is 0.0952. The minimum Gasteiger partial charge on any atom is -0.494 e. The van der Waals surface area contributed by atoms with E-state index in [9.17, 15) is 13.2 Å². The summed E-state index contributed by atoms with van der Waals surface area (Å²) in [4.78, 5) is 12.2. The molecule has 5 nitrogen and oxygen atoms in total. The number of unbranched alkanes of at least 4 members (excludes halogenated alkanes) is 1. The highest BCUT2D eigenvalue weighted by molar-refractivity contribution is 7.90. The van der Waals surface area contributed by atoms with Gasteiger partial charge in [0, 0.05) is 18.4 Å². The van der Waals surface area contributed by atoms with E-state index in [4.69, 9.17) is 4.74 Å². The van der Waals surface area contributed by atoms with Crippen LogP contribution in [0.25, 0.3) is 0 Å². The topological polar surface area (TPSA) is 72.5 Å². The van der Waals surface area contributed by atoms with E-state index in [0.29, 0.717) is 18.7 Å². The molecule has 0 fully saturated rings. The largest absolute Gasteiger partial charge is 0.494 e. The fraction of sp³-hybridized carbons (Fsp3) is 0.316. The van der Waals surface area contributed by atoms with E-state index in [1.54, 1.807) is 12.1 Å². The number of hydrogen-bond acceptors (Lipinski definition) is 4. The summed E-state index contributed by atoms with van der Waals surface area (Å²) >= 11 is 0. The van der Waals surface area contributed by atoms with Crippen molar-refractivity contribution in [2.45, 2.75) is 24.7 Å². The lowest BCUT2D eigenvalue weighted by Gasteiger charge is -2.08. The molecule has 2 aromatic carbocycles. The van der Waals surface area contributed by atoms with Gasteiger partial charge in [-0.15, -0.1) is 0 Å². The Balaban J connectivity index is 1.71. The highest BCUT2D eigenvalue weighted by Gasteiger charge is 2.11. The molecule has 0 aliphatic rings. The standard InChI is InChI=1S/C19H23NO4S/c1-15-8-10-17(11-9-15)24-13-4-3-12-20-19(21)16-6-5-7-18(14-16)25(2,22)23/h5-11,14H,3-4,12-13H2,1-2H3,(H,20,21). The summed E-state index contributed by atoms with van der Waals surface area (Å²) < 4.78 is 28.7. The third-order valence-corrected chi connectivity index (χ3v) is 4.78. The van der Waals surface area contributed by atoms with Gasteiger partial charge in [-0.2, -0.15) is 0 Å². The first-order chi connectivity index (χ1) is 11.9. The lowest BCUT2D eigenvalue weighted by atomic mass is 10.2. The molecular weight excluding hydrogens is 338 g/mol. The van der Waals surface area contributed by atoms with Gasteiger partial charge in [0.05, 0.1) is 11.5 Å². The summed E-state index contributed by atoms with van der Waals surface area (Å²) in [6.45, 7) is 3.12. The van der Waals surface area contributed by atoms with Crippen molar-refractivity contribution in [1.29, 1.82) is 0 Å². The highest BCUT2D eigenvalue weighted by Crippen LogP contribution is 2.12. The van der Waals surface area contributed by atoms with Gasteiger partial charge in [-0.05, 0) is 50.1 Å². The van der Waals surface area contributed by atoms with Crippen molar-refractivity contribution in [2.75, 3.05) is 19.4 Å². The Kier molecular flexibility index (Phi) is 6.58. The third-order valence-electron chi connectivity index (χ3n) is 3.67. The van der Waals surface area contributed by atoms with Crippen molar-refractivity contribution in [2.24, 2.45) is 0 Å². The Morgan fingerprint density at radius 1 is 1.08 bits per heavy atom. The molecule has 0 unspecified atom stereocenters. The second kappa shape index (κ2) is 8.67. The Morgan fingerprint density at radius 2 is 1.80 bits per heavy atom. The van der Waals surface area contributed by atoms with Crippen LogP contribution in [-0.4, -0.2) is 33.7 Å². The summed E-state index contributed by atoms with van der Waals surface area (Å²) in [5.41, 5.74) is 1.54. The van der Waals surface area contributed by atoms with Crippen LogP contribution in [0.2, 0.25) is 0 Å². The number of nitrogens with one attached hydrogen (secondary N) is 1. The van der Waals surface area contributed by atoms with Gasteiger partial charge >= 0.3 is 0 Å². The third kappa shape index (κ3) is 6.23. The Bertz CT molecular complexity index is 814. The summed E-state index contributed by atoms with van der Waals surface area (Å²) in [5.74, 6) is 0.567. The van der Waals surface area contributed by atoms with Crippen molar-refractivity contribution < 1.29 is 17.9 Å². The van der Waals surface area contributed by atoms with Crippen LogP contribution >= 0.6 is 0 Å². The first-order valence-electron chi connectivity index (χ1n) is 8.14. The normalized spacial score (nSPS) is 11.1. The molecule has 0 bridgehead atoms. The average Bonchev–Trinajstić information content (AvgIpc) is 2.58. The fourth-order valence-electron chi connectivity index (χ4n) is 2.22. The predicted octanol–water partition coefficient (Wildman–Crippen LogP) is 2.99. The first-order valence-corrected chi connectivity index (χ1v) is 10.0. The average molecular weight is 361 g/mol. The molecule has 0 aromatic heterocycles. The number of benzene rings is 2. The van der Waals surface area contributed by atoms with Gasteiger partial charge in [0.25, 0.3) is 5.91 Å². The monoisotopic (exact) mass is 361 g/mol. The summed E-state index contributed by atoms with van der Waals surface area (Å²) in [7, 11) is -3.32. The summed E-state index contributed by atoms with van der Waals surface area (Å²) in [5, 5.41) is 2.79. The van der Waals surface area contributed by atoms with E-state index in [1.807, 2.05) is 31.2 Å². The Morgan fingerprint density at radius 3 is 2.48 bits per heavy atom.